The Balaban J connectivity index is 1.79. The lowest BCUT2D eigenvalue weighted by Gasteiger charge is -2.35. The number of rotatable bonds is 5. The zero-order valence-electron chi connectivity index (χ0n) is 18.9. The second-order valence-corrected chi connectivity index (χ2v) is 8.35. The molecule has 4 rings (SSSR count). The van der Waals surface area contributed by atoms with Crippen LogP contribution in [0.15, 0.2) is 47.5 Å². The van der Waals surface area contributed by atoms with Gasteiger partial charge in [-0.3, -0.25) is 14.7 Å². The van der Waals surface area contributed by atoms with Gasteiger partial charge < -0.3 is 19.7 Å². The summed E-state index contributed by atoms with van der Waals surface area (Å²) >= 11 is 6.11. The molecule has 3 amide bonds. The Hall–Kier alpha value is -3.26. The molecule has 0 bridgehead atoms. The van der Waals surface area contributed by atoms with E-state index in [1.54, 1.807) is 35.1 Å². The van der Waals surface area contributed by atoms with Crippen molar-refractivity contribution in [2.24, 2.45) is 4.99 Å². The second kappa shape index (κ2) is 9.70. The highest BCUT2D eigenvalue weighted by Gasteiger charge is 2.42. The van der Waals surface area contributed by atoms with Crippen molar-refractivity contribution < 1.29 is 19.1 Å². The van der Waals surface area contributed by atoms with E-state index in [1.165, 1.54) is 0 Å². The molecule has 2 heterocycles. The van der Waals surface area contributed by atoms with E-state index in [0.29, 0.717) is 47.6 Å². The molecule has 33 heavy (non-hydrogen) atoms. The minimum Gasteiger partial charge on any atom is -0.497 e. The van der Waals surface area contributed by atoms with Crippen LogP contribution in [0.3, 0.4) is 0 Å². The molecule has 9 heteroatoms. The van der Waals surface area contributed by atoms with E-state index in [2.05, 4.69) is 5.32 Å². The summed E-state index contributed by atoms with van der Waals surface area (Å²) in [6.07, 6.45) is 0. The average molecular weight is 471 g/mol. The molecular formula is C24H27ClN4O4. The van der Waals surface area contributed by atoms with Crippen LogP contribution >= 0.6 is 11.6 Å². The molecule has 1 fully saturated rings. The quantitative estimate of drug-likeness (QED) is 0.725. The van der Waals surface area contributed by atoms with E-state index < -0.39 is 0 Å². The number of carbonyl (C=O) groups excluding carboxylic acids is 2. The molecule has 0 saturated carbocycles. The summed E-state index contributed by atoms with van der Waals surface area (Å²) in [6.45, 7) is 5.17. The number of carbonyl (C=O) groups is 2. The van der Waals surface area contributed by atoms with Gasteiger partial charge in [0.2, 0.25) is 5.91 Å². The normalized spacial score (nSPS) is 20.4. The van der Waals surface area contributed by atoms with E-state index in [9.17, 15) is 9.59 Å². The lowest BCUT2D eigenvalue weighted by atomic mass is 10.00. The third-order valence-corrected chi connectivity index (χ3v) is 6.00. The number of hydrogen-bond donors (Lipinski definition) is 1. The summed E-state index contributed by atoms with van der Waals surface area (Å²) < 4.78 is 11.2. The Labute approximate surface area is 198 Å². The molecule has 174 valence electrons. The Morgan fingerprint density at radius 2 is 2.00 bits per heavy atom. The molecule has 2 aliphatic heterocycles. The number of amidine groups is 1. The number of benzene rings is 2. The number of methoxy groups -OCH3 is 1. The number of piperazine rings is 1. The predicted octanol–water partition coefficient (Wildman–Crippen LogP) is 3.49. The topological polar surface area (TPSA) is 83.5 Å². The minimum absolute atomic E-state index is 0.00522. The highest BCUT2D eigenvalue weighted by molar-refractivity contribution is 6.30. The van der Waals surface area contributed by atoms with Gasteiger partial charge in [-0.1, -0.05) is 23.7 Å². The first kappa shape index (κ1) is 22.9. The van der Waals surface area contributed by atoms with Crippen molar-refractivity contribution in [2.45, 2.75) is 25.9 Å². The van der Waals surface area contributed by atoms with Gasteiger partial charge in [0.25, 0.3) is 0 Å². The maximum atomic E-state index is 13.8. The van der Waals surface area contributed by atoms with E-state index in [1.807, 2.05) is 38.1 Å². The van der Waals surface area contributed by atoms with Crippen LogP contribution in [0.1, 0.15) is 31.0 Å². The van der Waals surface area contributed by atoms with Gasteiger partial charge in [0.1, 0.15) is 23.9 Å². The zero-order valence-corrected chi connectivity index (χ0v) is 19.6. The molecular weight excluding hydrogens is 444 g/mol. The Morgan fingerprint density at radius 3 is 2.67 bits per heavy atom. The van der Waals surface area contributed by atoms with Gasteiger partial charge in [0.05, 0.1) is 31.4 Å². The SMILES string of the molecule is CCOc1cc(OC)ccc1C1=N[C@H](C)[C@H](c2ccc(Cl)cc2)N1C(=O)N1CCNC(=O)C1. The maximum Gasteiger partial charge on any atom is 0.326 e. The van der Waals surface area contributed by atoms with Crippen molar-refractivity contribution >= 4 is 29.4 Å². The van der Waals surface area contributed by atoms with Crippen LogP contribution in [0, 0.1) is 0 Å². The number of halogens is 1. The summed E-state index contributed by atoms with van der Waals surface area (Å²) in [6, 6.07) is 12.0. The Bertz CT molecular complexity index is 1070. The summed E-state index contributed by atoms with van der Waals surface area (Å²) in [4.78, 5) is 33.9. The van der Waals surface area contributed by atoms with Gasteiger partial charge in [-0.25, -0.2) is 4.79 Å². The van der Waals surface area contributed by atoms with E-state index in [4.69, 9.17) is 26.1 Å². The van der Waals surface area contributed by atoms with Crippen LogP contribution in [0.25, 0.3) is 0 Å². The molecule has 2 aromatic carbocycles. The second-order valence-electron chi connectivity index (χ2n) is 7.91. The standard InChI is InChI=1S/C24H27ClN4O4/c1-4-33-20-13-18(32-3)9-10-19(20)23-27-15(2)22(16-5-7-17(25)8-6-16)29(23)24(31)28-12-11-26-21(30)14-28/h5-10,13,15,22H,4,11-12,14H2,1-3H3,(H,26,30)/t15-,22-/m1/s1. The highest BCUT2D eigenvalue weighted by Crippen LogP contribution is 2.38. The molecule has 1 N–H and O–H groups in total. The molecule has 0 unspecified atom stereocenters. The van der Waals surface area contributed by atoms with Gasteiger partial charge in [0.15, 0.2) is 0 Å². The number of ether oxygens (including phenoxy) is 2. The number of nitrogens with zero attached hydrogens (tertiary/aromatic N) is 3. The van der Waals surface area contributed by atoms with E-state index in [0.717, 1.165) is 5.56 Å². The zero-order chi connectivity index (χ0) is 23.5. The lowest BCUT2D eigenvalue weighted by molar-refractivity contribution is -0.123. The highest BCUT2D eigenvalue weighted by atomic mass is 35.5. The first-order valence-corrected chi connectivity index (χ1v) is 11.3. The average Bonchev–Trinajstić information content (AvgIpc) is 3.16. The third-order valence-electron chi connectivity index (χ3n) is 5.75. The predicted molar refractivity (Wildman–Crippen MR) is 126 cm³/mol. The summed E-state index contributed by atoms with van der Waals surface area (Å²) in [5.74, 6) is 1.55. The monoisotopic (exact) mass is 470 g/mol. The van der Waals surface area contributed by atoms with Crippen molar-refractivity contribution in [1.82, 2.24) is 15.1 Å². The fraction of sp³-hybridized carbons (Fsp3) is 0.375. The molecule has 2 aliphatic rings. The smallest absolute Gasteiger partial charge is 0.326 e. The van der Waals surface area contributed by atoms with Crippen molar-refractivity contribution in [1.29, 1.82) is 0 Å². The van der Waals surface area contributed by atoms with Crippen LogP contribution in [-0.2, 0) is 4.79 Å². The van der Waals surface area contributed by atoms with Gasteiger partial charge in [-0.05, 0) is 43.7 Å². The Kier molecular flexibility index (Phi) is 6.74. The Morgan fingerprint density at radius 1 is 1.24 bits per heavy atom. The molecule has 1 saturated heterocycles. The third kappa shape index (κ3) is 4.61. The van der Waals surface area contributed by atoms with Gasteiger partial charge in [0, 0.05) is 24.2 Å². The van der Waals surface area contributed by atoms with Crippen LogP contribution in [-0.4, -0.2) is 67.0 Å². The number of urea groups is 1. The van der Waals surface area contributed by atoms with Crippen LogP contribution in [0.2, 0.25) is 5.02 Å². The molecule has 0 aliphatic carbocycles. The summed E-state index contributed by atoms with van der Waals surface area (Å²) in [5, 5.41) is 3.38. The number of nitrogens with one attached hydrogen (secondary N) is 1. The molecule has 2 atom stereocenters. The molecule has 0 radical (unpaired) electrons. The fourth-order valence-electron chi connectivity index (χ4n) is 4.21. The number of aliphatic imine (C=N–C) groups is 1. The van der Waals surface area contributed by atoms with E-state index >= 15 is 0 Å². The van der Waals surface area contributed by atoms with Gasteiger partial charge >= 0.3 is 6.03 Å². The molecule has 0 spiro atoms. The molecule has 8 nitrogen and oxygen atoms in total. The fourth-order valence-corrected chi connectivity index (χ4v) is 4.34. The van der Waals surface area contributed by atoms with Crippen molar-refractivity contribution in [3.63, 3.8) is 0 Å². The lowest BCUT2D eigenvalue weighted by Crippen LogP contribution is -2.55. The number of hydrogen-bond acceptors (Lipinski definition) is 5. The molecule has 0 aromatic heterocycles. The number of amides is 3. The van der Waals surface area contributed by atoms with E-state index in [-0.39, 0.29) is 30.6 Å². The maximum absolute atomic E-state index is 13.8. The van der Waals surface area contributed by atoms with Crippen LogP contribution in [0.4, 0.5) is 4.79 Å². The van der Waals surface area contributed by atoms with Crippen molar-refractivity contribution in [3.05, 3.63) is 58.6 Å². The molecule has 2 aromatic rings. The van der Waals surface area contributed by atoms with Crippen molar-refractivity contribution in [3.8, 4) is 11.5 Å². The summed E-state index contributed by atoms with van der Waals surface area (Å²) in [5.41, 5.74) is 1.60. The first-order chi connectivity index (χ1) is 15.9. The first-order valence-electron chi connectivity index (χ1n) is 10.9. The van der Waals surface area contributed by atoms with Crippen LogP contribution in [0.5, 0.6) is 11.5 Å². The van der Waals surface area contributed by atoms with Crippen LogP contribution < -0.4 is 14.8 Å². The van der Waals surface area contributed by atoms with Crippen molar-refractivity contribution in [2.75, 3.05) is 33.4 Å². The van der Waals surface area contributed by atoms with Gasteiger partial charge in [-0.15, -0.1) is 0 Å². The summed E-state index contributed by atoms with van der Waals surface area (Å²) in [7, 11) is 1.59. The van der Waals surface area contributed by atoms with Gasteiger partial charge in [-0.2, -0.15) is 0 Å². The largest absolute Gasteiger partial charge is 0.497 e. The minimum atomic E-state index is -0.355.